The summed E-state index contributed by atoms with van der Waals surface area (Å²) in [7, 11) is 2.18. The number of rotatable bonds is 6. The molecule has 3 nitrogen and oxygen atoms in total. The first-order valence-corrected chi connectivity index (χ1v) is 7.36. The van der Waals surface area contributed by atoms with E-state index in [2.05, 4.69) is 36.2 Å². The smallest absolute Gasteiger partial charge is 0.0701 e. The Hall–Kier alpha value is -0.900. The molecule has 0 bridgehead atoms. The van der Waals surface area contributed by atoms with Gasteiger partial charge in [0.05, 0.1) is 6.10 Å². The van der Waals surface area contributed by atoms with E-state index in [9.17, 15) is 0 Å². The van der Waals surface area contributed by atoms with Crippen molar-refractivity contribution in [2.45, 2.75) is 38.3 Å². The highest BCUT2D eigenvalue weighted by molar-refractivity contribution is 5.27. The summed E-state index contributed by atoms with van der Waals surface area (Å²) in [6.07, 6.45) is 5.25. The van der Waals surface area contributed by atoms with E-state index in [0.717, 1.165) is 26.1 Å². The van der Waals surface area contributed by atoms with Crippen LogP contribution in [0.15, 0.2) is 24.3 Å². The van der Waals surface area contributed by atoms with Gasteiger partial charge in [-0.1, -0.05) is 24.3 Å². The van der Waals surface area contributed by atoms with E-state index in [1.807, 2.05) is 0 Å². The zero-order valence-corrected chi connectivity index (χ0v) is 12.0. The summed E-state index contributed by atoms with van der Waals surface area (Å²) in [4.78, 5) is 2.38. The number of likely N-dealkylation sites (N-methyl/N-ethyl adjacent to an activating group) is 1. The molecule has 3 heteroatoms. The number of nitrogens with two attached hydrogens (primary N) is 1. The number of ether oxygens (including phenoxy) is 1. The molecule has 1 heterocycles. The third-order valence-corrected chi connectivity index (χ3v) is 3.89. The van der Waals surface area contributed by atoms with Crippen LogP contribution in [0.25, 0.3) is 0 Å². The molecule has 2 N–H and O–H groups in total. The Morgan fingerprint density at radius 3 is 2.74 bits per heavy atom. The van der Waals surface area contributed by atoms with Crippen molar-refractivity contribution in [3.05, 3.63) is 35.4 Å². The van der Waals surface area contributed by atoms with E-state index in [0.29, 0.717) is 12.6 Å². The molecule has 1 aliphatic heterocycles. The monoisotopic (exact) mass is 262 g/mol. The van der Waals surface area contributed by atoms with Crippen molar-refractivity contribution < 1.29 is 4.74 Å². The lowest BCUT2D eigenvalue weighted by Crippen LogP contribution is -2.34. The molecule has 1 fully saturated rings. The summed E-state index contributed by atoms with van der Waals surface area (Å²) in [6, 6.07) is 8.47. The van der Waals surface area contributed by atoms with Crippen LogP contribution < -0.4 is 5.73 Å². The van der Waals surface area contributed by atoms with Gasteiger partial charge in [-0.2, -0.15) is 0 Å². The van der Waals surface area contributed by atoms with Gasteiger partial charge >= 0.3 is 0 Å². The van der Waals surface area contributed by atoms with Crippen LogP contribution in [-0.2, 0) is 17.7 Å². The van der Waals surface area contributed by atoms with E-state index in [1.54, 1.807) is 0 Å². The van der Waals surface area contributed by atoms with Gasteiger partial charge in [-0.15, -0.1) is 0 Å². The molecule has 1 aromatic carbocycles. The van der Waals surface area contributed by atoms with Crippen molar-refractivity contribution in [3.63, 3.8) is 0 Å². The largest absolute Gasteiger partial charge is 0.377 e. The molecule has 0 amide bonds. The zero-order chi connectivity index (χ0) is 13.5. The molecular weight excluding hydrogens is 236 g/mol. The van der Waals surface area contributed by atoms with Gasteiger partial charge in [-0.25, -0.2) is 0 Å². The second-order valence-corrected chi connectivity index (χ2v) is 5.47. The Morgan fingerprint density at radius 1 is 1.26 bits per heavy atom. The first-order valence-electron chi connectivity index (χ1n) is 7.36. The van der Waals surface area contributed by atoms with Gasteiger partial charge in [0.25, 0.3) is 0 Å². The topological polar surface area (TPSA) is 38.5 Å². The molecule has 1 aromatic rings. The van der Waals surface area contributed by atoms with Gasteiger partial charge in [0.15, 0.2) is 0 Å². The molecule has 0 saturated carbocycles. The van der Waals surface area contributed by atoms with Crippen LogP contribution in [0.5, 0.6) is 0 Å². The highest BCUT2D eigenvalue weighted by atomic mass is 16.5. The molecule has 1 saturated heterocycles. The number of nitrogens with zero attached hydrogens (tertiary/aromatic N) is 1. The van der Waals surface area contributed by atoms with E-state index < -0.39 is 0 Å². The van der Waals surface area contributed by atoms with Crippen LogP contribution in [0.1, 0.15) is 30.4 Å². The minimum atomic E-state index is 0.434. The molecule has 0 radical (unpaired) electrons. The third-order valence-electron chi connectivity index (χ3n) is 3.89. The molecule has 1 unspecified atom stereocenters. The first kappa shape index (κ1) is 14.5. The molecule has 0 aliphatic carbocycles. The Labute approximate surface area is 116 Å². The van der Waals surface area contributed by atoms with E-state index in [-0.39, 0.29) is 0 Å². The predicted octanol–water partition coefficient (Wildman–Crippen LogP) is 2.19. The highest BCUT2D eigenvalue weighted by Crippen LogP contribution is 2.14. The normalized spacial score (nSPS) is 19.8. The van der Waals surface area contributed by atoms with Crippen LogP contribution in [0.4, 0.5) is 0 Å². The summed E-state index contributed by atoms with van der Waals surface area (Å²) >= 11 is 0. The minimum absolute atomic E-state index is 0.434. The lowest BCUT2D eigenvalue weighted by molar-refractivity contribution is -0.00125. The van der Waals surface area contributed by atoms with Crippen LogP contribution in [0.2, 0.25) is 0 Å². The molecule has 1 atom stereocenters. The Balaban J connectivity index is 1.77. The SMILES string of the molecule is CN(CCc1ccccc1CN)CC1CCCCO1. The Bertz CT molecular complexity index is 375. The number of benzene rings is 1. The second kappa shape index (κ2) is 7.63. The van der Waals surface area contributed by atoms with Crippen molar-refractivity contribution in [2.75, 3.05) is 26.7 Å². The van der Waals surface area contributed by atoms with Gasteiger partial charge in [-0.3, -0.25) is 0 Å². The summed E-state index contributed by atoms with van der Waals surface area (Å²) < 4.78 is 5.78. The maximum absolute atomic E-state index is 5.78. The molecule has 19 heavy (non-hydrogen) atoms. The van der Waals surface area contributed by atoms with Crippen molar-refractivity contribution in [3.8, 4) is 0 Å². The van der Waals surface area contributed by atoms with Crippen molar-refractivity contribution in [2.24, 2.45) is 5.73 Å². The predicted molar refractivity (Wildman–Crippen MR) is 79.1 cm³/mol. The van der Waals surface area contributed by atoms with Crippen LogP contribution in [0.3, 0.4) is 0 Å². The maximum Gasteiger partial charge on any atom is 0.0701 e. The second-order valence-electron chi connectivity index (χ2n) is 5.47. The van der Waals surface area contributed by atoms with Crippen molar-refractivity contribution >= 4 is 0 Å². The fourth-order valence-corrected chi connectivity index (χ4v) is 2.70. The van der Waals surface area contributed by atoms with Gasteiger partial charge < -0.3 is 15.4 Å². The lowest BCUT2D eigenvalue weighted by Gasteiger charge is -2.27. The van der Waals surface area contributed by atoms with Crippen LogP contribution in [0, 0.1) is 0 Å². The average molecular weight is 262 g/mol. The van der Waals surface area contributed by atoms with E-state index in [1.165, 1.54) is 30.4 Å². The molecule has 106 valence electrons. The van der Waals surface area contributed by atoms with Gasteiger partial charge in [0.1, 0.15) is 0 Å². The minimum Gasteiger partial charge on any atom is -0.377 e. The molecular formula is C16H26N2O. The van der Waals surface area contributed by atoms with Crippen molar-refractivity contribution in [1.29, 1.82) is 0 Å². The third kappa shape index (κ3) is 4.60. The van der Waals surface area contributed by atoms with Crippen molar-refractivity contribution in [1.82, 2.24) is 4.90 Å². The first-order chi connectivity index (χ1) is 9.29. The maximum atomic E-state index is 5.78. The fourth-order valence-electron chi connectivity index (χ4n) is 2.70. The average Bonchev–Trinajstić information content (AvgIpc) is 2.46. The molecule has 0 spiro atoms. The molecule has 1 aliphatic rings. The summed E-state index contributed by atoms with van der Waals surface area (Å²) in [6.45, 7) is 3.68. The van der Waals surface area contributed by atoms with Crippen LogP contribution in [-0.4, -0.2) is 37.7 Å². The summed E-state index contributed by atoms with van der Waals surface area (Å²) in [5.41, 5.74) is 8.42. The van der Waals surface area contributed by atoms with Gasteiger partial charge in [-0.05, 0) is 43.9 Å². The number of hydrogen-bond acceptors (Lipinski definition) is 3. The standard InChI is InChI=1S/C16H26N2O/c1-18(13-16-8-4-5-11-19-16)10-9-14-6-2-3-7-15(14)12-17/h2-3,6-7,16H,4-5,8-13,17H2,1H3. The van der Waals surface area contributed by atoms with E-state index >= 15 is 0 Å². The highest BCUT2D eigenvalue weighted by Gasteiger charge is 2.15. The lowest BCUT2D eigenvalue weighted by atomic mass is 10.0. The fraction of sp³-hybridized carbons (Fsp3) is 0.625. The van der Waals surface area contributed by atoms with Gasteiger partial charge in [0.2, 0.25) is 0 Å². The Kier molecular flexibility index (Phi) is 5.83. The zero-order valence-electron chi connectivity index (χ0n) is 12.0. The molecule has 0 aromatic heterocycles. The van der Waals surface area contributed by atoms with E-state index in [4.69, 9.17) is 10.5 Å². The summed E-state index contributed by atoms with van der Waals surface area (Å²) in [5.74, 6) is 0. The van der Waals surface area contributed by atoms with Gasteiger partial charge in [0, 0.05) is 26.2 Å². The molecule has 2 rings (SSSR count). The quantitative estimate of drug-likeness (QED) is 0.854. The summed E-state index contributed by atoms with van der Waals surface area (Å²) in [5, 5.41) is 0. The number of hydrogen-bond donors (Lipinski definition) is 1. The van der Waals surface area contributed by atoms with Crippen LogP contribution >= 0.6 is 0 Å². The Morgan fingerprint density at radius 2 is 2.05 bits per heavy atom.